The first-order chi connectivity index (χ1) is 9.39. The van der Waals surface area contributed by atoms with E-state index in [2.05, 4.69) is 11.4 Å². The lowest BCUT2D eigenvalue weighted by Gasteiger charge is -2.27. The average molecular weight is 294 g/mol. The van der Waals surface area contributed by atoms with Crippen molar-refractivity contribution in [3.63, 3.8) is 0 Å². The largest absolute Gasteiger partial charge is 0.387 e. The van der Waals surface area contributed by atoms with Crippen molar-refractivity contribution in [3.8, 4) is 0 Å². The molecule has 1 aliphatic heterocycles. The van der Waals surface area contributed by atoms with Crippen LogP contribution in [0.25, 0.3) is 0 Å². The van der Waals surface area contributed by atoms with E-state index in [9.17, 15) is 9.90 Å². The van der Waals surface area contributed by atoms with Crippen LogP contribution in [0.15, 0.2) is 29.2 Å². The van der Waals surface area contributed by atoms with Crippen molar-refractivity contribution in [1.29, 1.82) is 0 Å². The minimum atomic E-state index is -0.912. The number of hydrogen-bond donors (Lipinski definition) is 2. The summed E-state index contributed by atoms with van der Waals surface area (Å²) in [6, 6.07) is 8.02. The van der Waals surface area contributed by atoms with Crippen LogP contribution in [-0.4, -0.2) is 54.5 Å². The van der Waals surface area contributed by atoms with Crippen LogP contribution in [0, 0.1) is 0 Å². The number of nitrogens with zero attached hydrogens (tertiary/aromatic N) is 1. The fourth-order valence-corrected chi connectivity index (χ4v) is 3.75. The zero-order chi connectivity index (χ0) is 14.8. The number of benzene rings is 1. The topological polar surface area (TPSA) is 52.6 Å². The molecule has 0 bridgehead atoms. The molecule has 0 radical (unpaired) electrons. The van der Waals surface area contributed by atoms with E-state index in [0.29, 0.717) is 6.54 Å². The molecule has 0 aromatic heterocycles. The Hall–Kier alpha value is -1.04. The molecule has 1 aromatic carbocycles. The number of fused-ring (bicyclic) bond motifs is 1. The van der Waals surface area contributed by atoms with Crippen LogP contribution in [0.5, 0.6) is 0 Å². The molecule has 20 heavy (non-hydrogen) atoms. The molecule has 0 saturated carbocycles. The third-order valence-electron chi connectivity index (χ3n) is 3.32. The molecule has 110 valence electrons. The molecule has 1 aliphatic rings. The SMILES string of the molecule is CN(C)CC(C)(O)CNC(=O)C1CSc2ccccc21. The van der Waals surface area contributed by atoms with Crippen molar-refractivity contribution in [2.75, 3.05) is 32.9 Å². The standard InChI is InChI=1S/C15H22N2O2S/c1-15(19,10-17(2)3)9-16-14(18)12-8-20-13-7-5-4-6-11(12)13/h4-7,12,19H,8-10H2,1-3H3,(H,16,18). The Morgan fingerprint density at radius 2 is 2.20 bits per heavy atom. The van der Waals surface area contributed by atoms with Crippen molar-refractivity contribution in [2.24, 2.45) is 0 Å². The maximum Gasteiger partial charge on any atom is 0.228 e. The molecule has 1 heterocycles. The van der Waals surface area contributed by atoms with Gasteiger partial charge in [-0.2, -0.15) is 0 Å². The predicted octanol–water partition coefficient (Wildman–Crippen LogP) is 1.30. The maximum absolute atomic E-state index is 12.3. The Kier molecular flexibility index (Phi) is 4.73. The zero-order valence-electron chi connectivity index (χ0n) is 12.2. The van der Waals surface area contributed by atoms with Crippen molar-refractivity contribution >= 4 is 17.7 Å². The summed E-state index contributed by atoms with van der Waals surface area (Å²) in [4.78, 5) is 15.4. The quantitative estimate of drug-likeness (QED) is 0.859. The summed E-state index contributed by atoms with van der Waals surface area (Å²) >= 11 is 1.72. The first-order valence-corrected chi connectivity index (χ1v) is 7.74. The predicted molar refractivity (Wildman–Crippen MR) is 82.1 cm³/mol. The van der Waals surface area contributed by atoms with Crippen LogP contribution in [-0.2, 0) is 4.79 Å². The third-order valence-corrected chi connectivity index (χ3v) is 4.50. The van der Waals surface area contributed by atoms with Gasteiger partial charge in [-0.1, -0.05) is 18.2 Å². The number of amides is 1. The van der Waals surface area contributed by atoms with Gasteiger partial charge in [-0.3, -0.25) is 4.79 Å². The molecule has 2 rings (SSSR count). The van der Waals surface area contributed by atoms with Crippen LogP contribution in [0.3, 0.4) is 0 Å². The van der Waals surface area contributed by atoms with E-state index >= 15 is 0 Å². The molecule has 1 amide bonds. The number of likely N-dealkylation sites (N-methyl/N-ethyl adjacent to an activating group) is 1. The van der Waals surface area contributed by atoms with Gasteiger partial charge < -0.3 is 15.3 Å². The number of carbonyl (C=O) groups excluding carboxylic acids is 1. The van der Waals surface area contributed by atoms with E-state index in [4.69, 9.17) is 0 Å². The van der Waals surface area contributed by atoms with E-state index in [1.165, 1.54) is 4.90 Å². The number of hydrogen-bond acceptors (Lipinski definition) is 4. The number of carbonyl (C=O) groups is 1. The lowest BCUT2D eigenvalue weighted by Crippen LogP contribution is -2.48. The lowest BCUT2D eigenvalue weighted by atomic mass is 10.00. The Balaban J connectivity index is 1.94. The van der Waals surface area contributed by atoms with Gasteiger partial charge in [0.15, 0.2) is 0 Å². The van der Waals surface area contributed by atoms with Gasteiger partial charge in [0.2, 0.25) is 5.91 Å². The molecule has 0 spiro atoms. The second-order valence-corrected chi connectivity index (χ2v) is 6.92. The monoisotopic (exact) mass is 294 g/mol. The van der Waals surface area contributed by atoms with E-state index in [0.717, 1.165) is 11.3 Å². The van der Waals surface area contributed by atoms with Gasteiger partial charge in [-0.15, -0.1) is 11.8 Å². The summed E-state index contributed by atoms with van der Waals surface area (Å²) < 4.78 is 0. The average Bonchev–Trinajstić information content (AvgIpc) is 2.78. The molecule has 0 fully saturated rings. The fourth-order valence-electron chi connectivity index (χ4n) is 2.52. The Bertz CT molecular complexity index is 489. The van der Waals surface area contributed by atoms with E-state index in [1.54, 1.807) is 18.7 Å². The van der Waals surface area contributed by atoms with Gasteiger partial charge in [0, 0.05) is 23.7 Å². The number of rotatable bonds is 5. The van der Waals surface area contributed by atoms with Crippen LogP contribution in [0.2, 0.25) is 0 Å². The maximum atomic E-state index is 12.3. The van der Waals surface area contributed by atoms with E-state index in [-0.39, 0.29) is 18.4 Å². The zero-order valence-corrected chi connectivity index (χ0v) is 13.0. The van der Waals surface area contributed by atoms with Gasteiger partial charge in [0.05, 0.1) is 11.5 Å². The molecule has 2 unspecified atom stereocenters. The minimum Gasteiger partial charge on any atom is -0.387 e. The first kappa shape index (κ1) is 15.4. The molecule has 1 aromatic rings. The molecule has 0 saturated heterocycles. The second kappa shape index (κ2) is 6.16. The van der Waals surface area contributed by atoms with Gasteiger partial charge in [0.25, 0.3) is 0 Å². The van der Waals surface area contributed by atoms with Crippen molar-refractivity contribution in [3.05, 3.63) is 29.8 Å². The van der Waals surface area contributed by atoms with Crippen molar-refractivity contribution in [2.45, 2.75) is 23.3 Å². The van der Waals surface area contributed by atoms with Gasteiger partial charge in [-0.25, -0.2) is 0 Å². The summed E-state index contributed by atoms with van der Waals surface area (Å²) in [6.45, 7) is 2.53. The second-order valence-electron chi connectivity index (χ2n) is 5.85. The van der Waals surface area contributed by atoms with Gasteiger partial charge in [-0.05, 0) is 32.6 Å². The molecular formula is C15H22N2O2S. The Morgan fingerprint density at radius 1 is 1.50 bits per heavy atom. The highest BCUT2D eigenvalue weighted by atomic mass is 32.2. The normalized spacial score (nSPS) is 20.6. The van der Waals surface area contributed by atoms with Crippen LogP contribution < -0.4 is 5.32 Å². The number of thioether (sulfide) groups is 1. The third kappa shape index (κ3) is 3.75. The van der Waals surface area contributed by atoms with Crippen molar-refractivity contribution in [1.82, 2.24) is 10.2 Å². The lowest BCUT2D eigenvalue weighted by molar-refractivity contribution is -0.123. The highest BCUT2D eigenvalue weighted by Crippen LogP contribution is 2.39. The number of aliphatic hydroxyl groups is 1. The molecule has 4 nitrogen and oxygen atoms in total. The molecular weight excluding hydrogens is 272 g/mol. The molecule has 2 atom stereocenters. The van der Waals surface area contributed by atoms with Crippen LogP contribution in [0.4, 0.5) is 0 Å². The highest BCUT2D eigenvalue weighted by Gasteiger charge is 2.30. The Morgan fingerprint density at radius 3 is 2.90 bits per heavy atom. The summed E-state index contributed by atoms with van der Waals surface area (Å²) in [5.41, 5.74) is 0.187. The van der Waals surface area contributed by atoms with Crippen LogP contribution in [0.1, 0.15) is 18.4 Å². The van der Waals surface area contributed by atoms with E-state index in [1.807, 2.05) is 37.2 Å². The smallest absolute Gasteiger partial charge is 0.228 e. The summed E-state index contributed by atoms with van der Waals surface area (Å²) in [5, 5.41) is 13.1. The number of nitrogens with one attached hydrogen (secondary N) is 1. The Labute approximate surface area is 124 Å². The van der Waals surface area contributed by atoms with Crippen LogP contribution >= 0.6 is 11.8 Å². The summed E-state index contributed by atoms with van der Waals surface area (Å²) in [6.07, 6.45) is 0. The van der Waals surface area contributed by atoms with Gasteiger partial charge >= 0.3 is 0 Å². The molecule has 0 aliphatic carbocycles. The first-order valence-electron chi connectivity index (χ1n) is 6.75. The fraction of sp³-hybridized carbons (Fsp3) is 0.533. The van der Waals surface area contributed by atoms with Gasteiger partial charge in [0.1, 0.15) is 0 Å². The van der Waals surface area contributed by atoms with Crippen molar-refractivity contribution < 1.29 is 9.90 Å². The molecule has 5 heteroatoms. The molecule has 2 N–H and O–H groups in total. The van der Waals surface area contributed by atoms with E-state index < -0.39 is 5.60 Å². The summed E-state index contributed by atoms with van der Waals surface area (Å²) in [7, 11) is 3.81. The summed E-state index contributed by atoms with van der Waals surface area (Å²) in [5.74, 6) is 0.675. The minimum absolute atomic E-state index is 0.00137. The highest BCUT2D eigenvalue weighted by molar-refractivity contribution is 7.99.